The topological polar surface area (TPSA) is 32.3 Å². The quantitative estimate of drug-likeness (QED) is 0.616. The van der Waals surface area contributed by atoms with Gasteiger partial charge in [-0.05, 0) is 80.8 Å². The van der Waals surface area contributed by atoms with Gasteiger partial charge in [-0.3, -0.25) is 4.79 Å². The number of anilines is 1. The maximum atomic E-state index is 13.2. The number of allylic oxidation sites excluding steroid dienone is 4. The zero-order valence-corrected chi connectivity index (χ0v) is 20.1. The number of carbonyl (C=O) groups excluding carboxylic acids is 1. The Bertz CT molecular complexity index is 952. The second-order valence-electron chi connectivity index (χ2n) is 10.8. The van der Waals surface area contributed by atoms with Crippen LogP contribution in [0.3, 0.4) is 0 Å². The van der Waals surface area contributed by atoms with Crippen LogP contribution in [0.2, 0.25) is 0 Å². The van der Waals surface area contributed by atoms with Crippen molar-refractivity contribution in [3.8, 4) is 0 Å². The molecule has 0 spiro atoms. The van der Waals surface area contributed by atoms with Crippen LogP contribution in [0.4, 0.5) is 5.69 Å². The molecule has 1 aromatic rings. The molecule has 1 fully saturated rings. The normalized spacial score (nSPS) is 30.5. The van der Waals surface area contributed by atoms with Crippen LogP contribution < -0.4 is 5.32 Å². The van der Waals surface area contributed by atoms with E-state index in [1.54, 1.807) is 11.1 Å². The van der Waals surface area contributed by atoms with E-state index in [-0.39, 0.29) is 16.7 Å². The Morgan fingerprint density at radius 1 is 1.06 bits per heavy atom. The Morgan fingerprint density at radius 2 is 1.77 bits per heavy atom. The van der Waals surface area contributed by atoms with Gasteiger partial charge in [0, 0.05) is 22.7 Å². The molecule has 1 amide bonds. The van der Waals surface area contributed by atoms with Gasteiger partial charge in [-0.15, -0.1) is 0 Å². The first-order valence-electron chi connectivity index (χ1n) is 11.8. The lowest BCUT2D eigenvalue weighted by atomic mass is 9.57. The third-order valence-electron chi connectivity index (χ3n) is 8.20. The predicted octanol–water partition coefficient (Wildman–Crippen LogP) is 6.36. The largest absolute Gasteiger partial charge is 0.322 e. The average Bonchev–Trinajstić information content (AvgIpc) is 2.99. The molecule has 3 nitrogen and oxygen atoms in total. The number of carbonyl (C=O) groups is 1. The Labute approximate surface area is 188 Å². The van der Waals surface area contributed by atoms with Gasteiger partial charge in [-0.1, -0.05) is 63.6 Å². The molecule has 1 N–H and O–H groups in total. The number of benzene rings is 1. The Kier molecular flexibility index (Phi) is 5.76. The summed E-state index contributed by atoms with van der Waals surface area (Å²) in [6.45, 7) is 9.60. The smallest absolute Gasteiger partial charge is 0.251 e. The zero-order valence-electron chi connectivity index (χ0n) is 20.1. The van der Waals surface area contributed by atoms with Crippen molar-refractivity contribution in [2.75, 3.05) is 19.4 Å². The van der Waals surface area contributed by atoms with Gasteiger partial charge < -0.3 is 10.2 Å². The maximum Gasteiger partial charge on any atom is 0.251 e. The molecular formula is C28H38N2O. The lowest BCUT2D eigenvalue weighted by Crippen LogP contribution is -2.48. The highest BCUT2D eigenvalue weighted by molar-refractivity contribution is 6.04. The van der Waals surface area contributed by atoms with E-state index in [0.29, 0.717) is 12.0 Å². The molecule has 0 aromatic heterocycles. The molecule has 0 heterocycles. The summed E-state index contributed by atoms with van der Waals surface area (Å²) < 4.78 is 0. The number of para-hydroxylation sites is 1. The molecule has 31 heavy (non-hydrogen) atoms. The number of nitrogens with one attached hydrogen (secondary N) is 1. The van der Waals surface area contributed by atoms with Gasteiger partial charge in [0.25, 0.3) is 5.91 Å². The van der Waals surface area contributed by atoms with Crippen LogP contribution in [0, 0.1) is 16.7 Å². The van der Waals surface area contributed by atoms with E-state index in [1.165, 1.54) is 31.3 Å². The Hall–Kier alpha value is -2.13. The second-order valence-corrected chi connectivity index (χ2v) is 10.8. The predicted molar refractivity (Wildman–Crippen MR) is 130 cm³/mol. The van der Waals surface area contributed by atoms with Crippen LogP contribution in [0.15, 0.2) is 64.8 Å². The molecule has 1 aromatic carbocycles. The second kappa shape index (κ2) is 8.09. The average molecular weight is 419 g/mol. The number of amides is 1. The summed E-state index contributed by atoms with van der Waals surface area (Å²) in [6.07, 6.45) is 10.1. The van der Waals surface area contributed by atoms with Crippen LogP contribution in [0.1, 0.15) is 59.8 Å². The Balaban J connectivity index is 1.78. The number of hydrogen-bond donors (Lipinski definition) is 1. The molecule has 166 valence electrons. The van der Waals surface area contributed by atoms with Crippen molar-refractivity contribution in [2.45, 2.75) is 65.8 Å². The summed E-state index contributed by atoms with van der Waals surface area (Å²) >= 11 is 0. The van der Waals surface area contributed by atoms with Crippen molar-refractivity contribution >= 4 is 11.6 Å². The minimum Gasteiger partial charge on any atom is -0.322 e. The van der Waals surface area contributed by atoms with Crippen LogP contribution in [0.5, 0.6) is 0 Å². The number of rotatable bonds is 4. The van der Waals surface area contributed by atoms with E-state index in [1.807, 2.05) is 30.3 Å². The molecule has 1 saturated carbocycles. The standard InChI is InChI=1S/C28H38N2O/c1-19(2)22-14-15-27(3)16-17-28(4)23(25(22)27)13-12-20(18-24(28)30(5)6)26(31)29-21-10-8-7-9-11-21/h7-13,19,24H,14-18H2,1-6H3,(H,29,31)/t24-,27+,28+/m0/s1. The van der Waals surface area contributed by atoms with Gasteiger partial charge in [-0.2, -0.15) is 0 Å². The van der Waals surface area contributed by atoms with Crippen LogP contribution in [-0.2, 0) is 4.79 Å². The molecule has 0 saturated heterocycles. The third kappa shape index (κ3) is 3.82. The molecule has 4 rings (SSSR count). The molecule has 0 unspecified atom stereocenters. The fourth-order valence-corrected chi connectivity index (χ4v) is 6.29. The molecular weight excluding hydrogens is 380 g/mol. The highest BCUT2D eigenvalue weighted by atomic mass is 16.1. The first kappa shape index (κ1) is 22.1. The molecule has 3 aliphatic carbocycles. The van der Waals surface area contributed by atoms with Crippen molar-refractivity contribution in [3.05, 3.63) is 64.8 Å². The summed E-state index contributed by atoms with van der Waals surface area (Å²) in [6, 6.07) is 10.1. The van der Waals surface area contributed by atoms with Gasteiger partial charge in [0.2, 0.25) is 0 Å². The number of nitrogens with zero attached hydrogens (tertiary/aromatic N) is 1. The number of hydrogen-bond acceptors (Lipinski definition) is 2. The van der Waals surface area contributed by atoms with Crippen molar-refractivity contribution < 1.29 is 4.79 Å². The Morgan fingerprint density at radius 3 is 2.42 bits per heavy atom. The van der Waals surface area contributed by atoms with E-state index in [0.717, 1.165) is 17.7 Å². The lowest BCUT2D eigenvalue weighted by molar-refractivity contribution is -0.113. The molecule has 0 aliphatic heterocycles. The van der Waals surface area contributed by atoms with Crippen LogP contribution in [0.25, 0.3) is 0 Å². The van der Waals surface area contributed by atoms with E-state index >= 15 is 0 Å². The van der Waals surface area contributed by atoms with E-state index < -0.39 is 0 Å². The minimum absolute atomic E-state index is 0.0180. The first-order chi connectivity index (χ1) is 14.7. The van der Waals surface area contributed by atoms with E-state index in [9.17, 15) is 4.79 Å². The highest BCUT2D eigenvalue weighted by Gasteiger charge is 2.52. The zero-order chi connectivity index (χ0) is 22.4. The van der Waals surface area contributed by atoms with Gasteiger partial charge in [-0.25, -0.2) is 0 Å². The van der Waals surface area contributed by atoms with Crippen molar-refractivity contribution in [2.24, 2.45) is 16.7 Å². The van der Waals surface area contributed by atoms with Gasteiger partial charge >= 0.3 is 0 Å². The van der Waals surface area contributed by atoms with Gasteiger partial charge in [0.1, 0.15) is 0 Å². The van der Waals surface area contributed by atoms with E-state index in [4.69, 9.17) is 0 Å². The first-order valence-corrected chi connectivity index (χ1v) is 11.8. The van der Waals surface area contributed by atoms with Gasteiger partial charge in [0.05, 0.1) is 0 Å². The lowest BCUT2D eigenvalue weighted by Gasteiger charge is -2.51. The molecule has 0 bridgehead atoms. The summed E-state index contributed by atoms with van der Waals surface area (Å²) in [5.74, 6) is 0.593. The van der Waals surface area contributed by atoms with Crippen molar-refractivity contribution in [1.82, 2.24) is 4.90 Å². The van der Waals surface area contributed by atoms with E-state index in [2.05, 4.69) is 64.2 Å². The fraction of sp³-hybridized carbons (Fsp3) is 0.536. The van der Waals surface area contributed by atoms with Crippen molar-refractivity contribution in [1.29, 1.82) is 0 Å². The summed E-state index contributed by atoms with van der Waals surface area (Å²) in [7, 11) is 4.34. The van der Waals surface area contributed by atoms with Crippen LogP contribution >= 0.6 is 0 Å². The minimum atomic E-state index is 0.0180. The van der Waals surface area contributed by atoms with Gasteiger partial charge in [0.15, 0.2) is 0 Å². The highest BCUT2D eigenvalue weighted by Crippen LogP contribution is 2.62. The summed E-state index contributed by atoms with van der Waals surface area (Å²) in [5.41, 5.74) is 6.80. The molecule has 3 aliphatic rings. The summed E-state index contributed by atoms with van der Waals surface area (Å²) in [4.78, 5) is 15.6. The van der Waals surface area contributed by atoms with Crippen molar-refractivity contribution in [3.63, 3.8) is 0 Å². The molecule has 3 atom stereocenters. The third-order valence-corrected chi connectivity index (χ3v) is 8.20. The van der Waals surface area contributed by atoms with Crippen LogP contribution in [-0.4, -0.2) is 30.9 Å². The SMILES string of the molecule is CC(C)C1=C2C3=CC=C(C(=O)Nc4ccccc4)C[C@H](N(C)C)[C@]3(C)CC[C@@]2(C)CC1. The monoisotopic (exact) mass is 418 g/mol. The molecule has 0 radical (unpaired) electrons. The summed E-state index contributed by atoms with van der Waals surface area (Å²) in [5, 5.41) is 3.11. The number of fused-ring (bicyclic) bond motifs is 3. The fourth-order valence-electron chi connectivity index (χ4n) is 6.29. The maximum absolute atomic E-state index is 13.2. The molecule has 3 heteroatoms.